The summed E-state index contributed by atoms with van der Waals surface area (Å²) in [5.74, 6) is 0.177. The Labute approximate surface area is 380 Å². The number of alkyl halides is 3. The minimum atomic E-state index is -4.93. The first-order valence-corrected chi connectivity index (χ1v) is 22.4. The molecular formula is C58H40F3N5. The molecule has 0 aliphatic carbocycles. The van der Waals surface area contributed by atoms with E-state index >= 15 is 13.2 Å². The van der Waals surface area contributed by atoms with Gasteiger partial charge in [-0.15, -0.1) is 0 Å². The minimum Gasteiger partial charge on any atom is -0.307 e. The van der Waals surface area contributed by atoms with Crippen LogP contribution in [0.5, 0.6) is 0 Å². The molecule has 9 aromatic rings. The first-order valence-electron chi connectivity index (χ1n) is 22.4. The highest BCUT2D eigenvalue weighted by Gasteiger charge is 2.48. The maximum Gasteiger partial charge on any atom is 0.422 e. The van der Waals surface area contributed by atoms with Crippen molar-refractivity contribution in [1.29, 1.82) is 0 Å². The highest BCUT2D eigenvalue weighted by molar-refractivity contribution is 6.06. The topological polar surface area (TPSA) is 25.9 Å². The molecule has 0 unspecified atom stereocenters. The summed E-state index contributed by atoms with van der Waals surface area (Å²) in [5, 5.41) is 0. The summed E-state index contributed by atoms with van der Waals surface area (Å²) < 4.78 is 52.8. The number of halogens is 3. The third-order valence-electron chi connectivity index (χ3n) is 13.6. The van der Waals surface area contributed by atoms with Gasteiger partial charge >= 0.3 is 6.18 Å². The molecule has 0 bridgehead atoms. The summed E-state index contributed by atoms with van der Waals surface area (Å²) in [4.78, 5) is 13.5. The standard InChI is InChI=1S/C58H40F3N5/c59-58(60,61)53-54(63-45-25-9-1-17-37(45)33-38-18-2-10-26-46(38)63)55(64-47-27-11-3-19-39(47)34-40-20-4-12-28-48(40)64)57(66-51-31-15-7-23-43(51)36-44-24-8-16-32-52(44)66)62-56(53)65-49-29-13-5-21-41(49)35-42-22-6-14-30-50(42)65/h1-32H,33-36H2. The molecule has 318 valence electrons. The quantitative estimate of drug-likeness (QED) is 0.176. The summed E-state index contributed by atoms with van der Waals surface area (Å²) in [5.41, 5.74) is 13.3. The van der Waals surface area contributed by atoms with E-state index in [2.05, 4.69) is 46.2 Å². The maximum atomic E-state index is 17.6. The van der Waals surface area contributed by atoms with Crippen molar-refractivity contribution in [1.82, 2.24) is 4.98 Å². The SMILES string of the molecule is FC(F)(F)c1c(N2c3ccccc3Cc3ccccc32)nc(N2c3ccccc3Cc3ccccc32)c(N2c3ccccc3Cc3ccccc32)c1N1c2ccccc2Cc2ccccc21. The molecule has 1 aromatic heterocycles. The average Bonchev–Trinajstić information content (AvgIpc) is 3.35. The van der Waals surface area contributed by atoms with Gasteiger partial charge in [0.05, 0.1) is 28.4 Å². The van der Waals surface area contributed by atoms with Crippen LogP contribution in [0.4, 0.5) is 81.7 Å². The van der Waals surface area contributed by atoms with E-state index in [0.717, 1.165) is 67.3 Å². The first kappa shape index (κ1) is 38.4. The van der Waals surface area contributed by atoms with Gasteiger partial charge in [-0.25, -0.2) is 4.98 Å². The molecule has 0 atom stereocenters. The number of benzene rings is 8. The zero-order valence-corrected chi connectivity index (χ0v) is 35.7. The van der Waals surface area contributed by atoms with Gasteiger partial charge in [0.25, 0.3) is 0 Å². The molecule has 66 heavy (non-hydrogen) atoms. The van der Waals surface area contributed by atoms with E-state index in [1.54, 1.807) is 4.90 Å². The number of para-hydroxylation sites is 8. The summed E-state index contributed by atoms with van der Waals surface area (Å²) >= 11 is 0. The number of hydrogen-bond donors (Lipinski definition) is 0. The van der Waals surface area contributed by atoms with Gasteiger partial charge in [-0.2, -0.15) is 13.2 Å². The van der Waals surface area contributed by atoms with E-state index in [9.17, 15) is 0 Å². The molecule has 5 nitrogen and oxygen atoms in total. The number of hydrogen-bond acceptors (Lipinski definition) is 5. The lowest BCUT2D eigenvalue weighted by Crippen LogP contribution is -2.32. The van der Waals surface area contributed by atoms with Crippen molar-refractivity contribution in [2.24, 2.45) is 0 Å². The molecule has 0 amide bonds. The van der Waals surface area contributed by atoms with Crippen LogP contribution in [0.2, 0.25) is 0 Å². The van der Waals surface area contributed by atoms with Crippen molar-refractivity contribution in [3.8, 4) is 0 Å². The number of anilines is 12. The van der Waals surface area contributed by atoms with Crippen LogP contribution < -0.4 is 19.6 Å². The van der Waals surface area contributed by atoms with E-state index in [0.29, 0.717) is 59.9 Å². The van der Waals surface area contributed by atoms with Gasteiger partial charge in [0, 0.05) is 48.4 Å². The predicted molar refractivity (Wildman–Crippen MR) is 259 cm³/mol. The zero-order valence-electron chi connectivity index (χ0n) is 35.7. The van der Waals surface area contributed by atoms with Gasteiger partial charge in [-0.1, -0.05) is 146 Å². The molecule has 4 aliphatic heterocycles. The van der Waals surface area contributed by atoms with Crippen LogP contribution in [0, 0.1) is 0 Å². The van der Waals surface area contributed by atoms with Gasteiger partial charge < -0.3 is 9.80 Å². The van der Waals surface area contributed by atoms with Crippen LogP contribution in [0.3, 0.4) is 0 Å². The molecule has 8 aromatic carbocycles. The molecule has 13 rings (SSSR count). The van der Waals surface area contributed by atoms with E-state index in [1.165, 1.54) is 0 Å². The Hall–Kier alpha value is -8.10. The average molecular weight is 864 g/mol. The van der Waals surface area contributed by atoms with E-state index in [1.807, 2.05) is 163 Å². The van der Waals surface area contributed by atoms with Gasteiger partial charge in [-0.05, 0) is 93.0 Å². The number of nitrogens with zero attached hydrogens (tertiary/aromatic N) is 5. The summed E-state index contributed by atoms with van der Waals surface area (Å²) in [6, 6.07) is 64.0. The van der Waals surface area contributed by atoms with Crippen molar-refractivity contribution >= 4 is 68.5 Å². The zero-order chi connectivity index (χ0) is 44.1. The van der Waals surface area contributed by atoms with Crippen LogP contribution in [-0.4, -0.2) is 4.98 Å². The van der Waals surface area contributed by atoms with Crippen molar-refractivity contribution in [3.05, 3.63) is 244 Å². The second-order valence-electron chi connectivity index (χ2n) is 17.4. The predicted octanol–water partition coefficient (Wildman–Crippen LogP) is 15.6. The van der Waals surface area contributed by atoms with E-state index in [-0.39, 0.29) is 11.5 Å². The fourth-order valence-electron chi connectivity index (χ4n) is 10.8. The number of aromatic nitrogens is 1. The fraction of sp³-hybridized carbons (Fsp3) is 0.0862. The van der Waals surface area contributed by atoms with Crippen LogP contribution in [0.25, 0.3) is 0 Å². The summed E-state index contributed by atoms with van der Waals surface area (Å²) in [6.07, 6.45) is -2.51. The largest absolute Gasteiger partial charge is 0.422 e. The van der Waals surface area contributed by atoms with Crippen LogP contribution >= 0.6 is 0 Å². The second-order valence-corrected chi connectivity index (χ2v) is 17.4. The minimum absolute atomic E-state index is 0.00493. The molecule has 4 aliphatic rings. The smallest absolute Gasteiger partial charge is 0.307 e. The van der Waals surface area contributed by atoms with Crippen molar-refractivity contribution in [2.75, 3.05) is 19.6 Å². The van der Waals surface area contributed by atoms with Crippen molar-refractivity contribution in [2.45, 2.75) is 31.9 Å². The van der Waals surface area contributed by atoms with Crippen LogP contribution in [0.1, 0.15) is 50.1 Å². The van der Waals surface area contributed by atoms with Crippen molar-refractivity contribution < 1.29 is 13.2 Å². The van der Waals surface area contributed by atoms with E-state index < -0.39 is 11.7 Å². The molecule has 0 spiro atoms. The van der Waals surface area contributed by atoms with Crippen LogP contribution in [-0.2, 0) is 31.9 Å². The molecule has 0 N–H and O–H groups in total. The fourth-order valence-corrected chi connectivity index (χ4v) is 10.8. The Kier molecular flexibility index (Phi) is 8.56. The number of rotatable bonds is 4. The molecule has 0 fully saturated rings. The Bertz CT molecular complexity index is 3250. The molecule has 0 saturated carbocycles. The highest BCUT2D eigenvalue weighted by atomic mass is 19.4. The third-order valence-corrected chi connectivity index (χ3v) is 13.6. The Morgan fingerprint density at radius 2 is 0.515 bits per heavy atom. The Balaban J connectivity index is 1.28. The second kappa shape index (κ2) is 14.7. The Morgan fingerprint density at radius 3 is 0.788 bits per heavy atom. The normalized spacial score (nSPS) is 14.2. The number of fused-ring (bicyclic) bond motifs is 8. The first-order chi connectivity index (χ1) is 32.4. The van der Waals surface area contributed by atoms with Crippen LogP contribution in [0.15, 0.2) is 194 Å². The molecule has 0 radical (unpaired) electrons. The summed E-state index contributed by atoms with van der Waals surface area (Å²) in [7, 11) is 0. The molecular weight excluding hydrogens is 824 g/mol. The lowest BCUT2D eigenvalue weighted by atomic mass is 9.91. The monoisotopic (exact) mass is 863 g/mol. The summed E-state index contributed by atoms with van der Waals surface area (Å²) in [6.45, 7) is 0. The lowest BCUT2D eigenvalue weighted by Gasteiger charge is -2.44. The van der Waals surface area contributed by atoms with Gasteiger partial charge in [0.15, 0.2) is 11.6 Å². The van der Waals surface area contributed by atoms with Gasteiger partial charge in [0.1, 0.15) is 11.3 Å². The highest BCUT2D eigenvalue weighted by Crippen LogP contribution is 2.63. The third kappa shape index (κ3) is 5.84. The van der Waals surface area contributed by atoms with Gasteiger partial charge in [0.2, 0.25) is 0 Å². The lowest BCUT2D eigenvalue weighted by molar-refractivity contribution is -0.136. The Morgan fingerprint density at radius 1 is 0.288 bits per heavy atom. The number of pyridine rings is 1. The molecule has 5 heterocycles. The molecule has 8 heteroatoms. The van der Waals surface area contributed by atoms with E-state index in [4.69, 9.17) is 4.98 Å². The molecule has 0 saturated heterocycles. The maximum absolute atomic E-state index is 17.6. The van der Waals surface area contributed by atoms with Crippen molar-refractivity contribution in [3.63, 3.8) is 0 Å². The van der Waals surface area contributed by atoms with Gasteiger partial charge in [-0.3, -0.25) is 9.80 Å².